The van der Waals surface area contributed by atoms with Crippen LogP contribution in [0, 0.1) is 5.92 Å². The molecule has 0 radical (unpaired) electrons. The average Bonchev–Trinajstić information content (AvgIpc) is 3.13. The van der Waals surface area contributed by atoms with Crippen molar-refractivity contribution in [3.8, 4) is 0 Å². The molecule has 0 N–H and O–H groups in total. The molecule has 4 rings (SSSR count). The predicted molar refractivity (Wildman–Crippen MR) is 95.4 cm³/mol. The van der Waals surface area contributed by atoms with Crippen LogP contribution in [-0.2, 0) is 24.8 Å². The molecule has 2 aromatic rings. The van der Waals surface area contributed by atoms with E-state index in [1.165, 1.54) is 22.0 Å². The summed E-state index contributed by atoms with van der Waals surface area (Å²) in [5.74, 6) is 0.874. The highest BCUT2D eigenvalue weighted by molar-refractivity contribution is 5.80. The smallest absolute Gasteiger partial charge is 0.255 e. The minimum Gasteiger partial charge on any atom is -0.356 e. The van der Waals surface area contributed by atoms with Crippen LogP contribution in [0.4, 0.5) is 5.82 Å². The molecule has 1 fully saturated rings. The van der Waals surface area contributed by atoms with Crippen LogP contribution < -0.4 is 10.5 Å². The molecule has 3 heterocycles. The molecule has 1 aromatic heterocycles. The van der Waals surface area contributed by atoms with Crippen LogP contribution in [0.5, 0.6) is 0 Å². The van der Waals surface area contributed by atoms with E-state index < -0.39 is 0 Å². The van der Waals surface area contributed by atoms with Gasteiger partial charge in [0, 0.05) is 39.3 Å². The lowest BCUT2D eigenvalue weighted by atomic mass is 9.98. The van der Waals surface area contributed by atoms with Gasteiger partial charge in [0.15, 0.2) is 0 Å². The second-order valence-corrected chi connectivity index (χ2v) is 6.91. The summed E-state index contributed by atoms with van der Waals surface area (Å²) >= 11 is 0. The number of carbonyl (C=O) groups is 1. The Kier molecular flexibility index (Phi) is 4.03. The molecule has 0 bridgehead atoms. The van der Waals surface area contributed by atoms with Crippen LogP contribution >= 0.6 is 0 Å². The van der Waals surface area contributed by atoms with Crippen LogP contribution in [0.1, 0.15) is 17.5 Å². The fourth-order valence-corrected chi connectivity index (χ4v) is 3.74. The molecule has 0 saturated carbocycles. The number of nitrogens with zero attached hydrogens (tertiary/aromatic N) is 4. The minimum absolute atomic E-state index is 0.0175. The van der Waals surface area contributed by atoms with Gasteiger partial charge in [-0.25, -0.2) is 4.98 Å². The van der Waals surface area contributed by atoms with Gasteiger partial charge >= 0.3 is 0 Å². The van der Waals surface area contributed by atoms with Crippen molar-refractivity contribution >= 4 is 11.7 Å². The van der Waals surface area contributed by atoms with Crippen LogP contribution in [0.3, 0.4) is 0 Å². The van der Waals surface area contributed by atoms with Gasteiger partial charge < -0.3 is 14.4 Å². The Morgan fingerprint density at radius 2 is 2.00 bits per heavy atom. The molecule has 1 aromatic carbocycles. The van der Waals surface area contributed by atoms with Gasteiger partial charge in [-0.05, 0) is 24.0 Å². The third-order valence-corrected chi connectivity index (χ3v) is 5.27. The lowest BCUT2D eigenvalue weighted by molar-refractivity contribution is -0.135. The lowest BCUT2D eigenvalue weighted by Crippen LogP contribution is -2.40. The molecule has 1 unspecified atom stereocenters. The van der Waals surface area contributed by atoms with Crippen LogP contribution in [-0.4, -0.2) is 40.0 Å². The maximum Gasteiger partial charge on any atom is 0.255 e. The SMILES string of the molecule is Cn1cnc(N2CCC(C(=O)N3CCc4ccccc4C3)C2)cc1=O. The van der Waals surface area contributed by atoms with Crippen molar-refractivity contribution in [3.63, 3.8) is 0 Å². The fraction of sp³-hybridized carbons (Fsp3) is 0.421. The van der Waals surface area contributed by atoms with Crippen molar-refractivity contribution in [2.24, 2.45) is 13.0 Å². The first kappa shape index (κ1) is 15.9. The maximum atomic E-state index is 12.9. The number of aromatic nitrogens is 2. The van der Waals surface area contributed by atoms with E-state index >= 15 is 0 Å². The number of amides is 1. The third kappa shape index (κ3) is 3.04. The van der Waals surface area contributed by atoms with Crippen molar-refractivity contribution < 1.29 is 4.79 Å². The highest BCUT2D eigenvalue weighted by Crippen LogP contribution is 2.26. The molecule has 1 saturated heterocycles. The van der Waals surface area contributed by atoms with Gasteiger partial charge in [-0.3, -0.25) is 9.59 Å². The Labute approximate surface area is 146 Å². The van der Waals surface area contributed by atoms with E-state index in [4.69, 9.17) is 0 Å². The molecule has 6 nitrogen and oxygen atoms in total. The number of anilines is 1. The van der Waals surface area contributed by atoms with Gasteiger partial charge in [-0.15, -0.1) is 0 Å². The van der Waals surface area contributed by atoms with Gasteiger partial charge in [0.25, 0.3) is 5.56 Å². The maximum absolute atomic E-state index is 12.9. The first-order valence-electron chi connectivity index (χ1n) is 8.75. The number of rotatable bonds is 2. The lowest BCUT2D eigenvalue weighted by Gasteiger charge is -2.31. The molecular formula is C19H22N4O2. The molecule has 2 aliphatic heterocycles. The van der Waals surface area contributed by atoms with E-state index in [1.807, 2.05) is 15.9 Å². The monoisotopic (exact) mass is 338 g/mol. The first-order valence-corrected chi connectivity index (χ1v) is 8.75. The summed E-state index contributed by atoms with van der Waals surface area (Å²) in [6.45, 7) is 2.89. The summed E-state index contributed by atoms with van der Waals surface area (Å²) in [6.07, 6.45) is 3.27. The molecule has 25 heavy (non-hydrogen) atoms. The Morgan fingerprint density at radius 1 is 1.20 bits per heavy atom. The number of hydrogen-bond donors (Lipinski definition) is 0. The molecule has 1 amide bonds. The van der Waals surface area contributed by atoms with E-state index in [-0.39, 0.29) is 17.4 Å². The molecular weight excluding hydrogens is 316 g/mol. The van der Waals surface area contributed by atoms with E-state index in [0.717, 1.165) is 25.9 Å². The van der Waals surface area contributed by atoms with Gasteiger partial charge in [0.2, 0.25) is 5.91 Å². The fourth-order valence-electron chi connectivity index (χ4n) is 3.74. The summed E-state index contributed by atoms with van der Waals surface area (Å²) < 4.78 is 1.45. The summed E-state index contributed by atoms with van der Waals surface area (Å²) in [6, 6.07) is 9.90. The van der Waals surface area contributed by atoms with Gasteiger partial charge in [0.1, 0.15) is 5.82 Å². The number of fused-ring (bicyclic) bond motifs is 1. The van der Waals surface area contributed by atoms with Crippen molar-refractivity contribution in [1.82, 2.24) is 14.5 Å². The van der Waals surface area contributed by atoms with Gasteiger partial charge in [0.05, 0.1) is 12.2 Å². The summed E-state index contributed by atoms with van der Waals surface area (Å²) in [5.41, 5.74) is 2.53. The second-order valence-electron chi connectivity index (χ2n) is 6.91. The summed E-state index contributed by atoms with van der Waals surface area (Å²) in [5, 5.41) is 0. The quantitative estimate of drug-likeness (QED) is 0.825. The molecule has 6 heteroatoms. The molecule has 2 aliphatic rings. The van der Waals surface area contributed by atoms with E-state index in [0.29, 0.717) is 18.9 Å². The van der Waals surface area contributed by atoms with E-state index in [1.54, 1.807) is 13.1 Å². The molecule has 1 atom stereocenters. The van der Waals surface area contributed by atoms with Crippen molar-refractivity contribution in [1.29, 1.82) is 0 Å². The Bertz CT molecular complexity index is 860. The zero-order chi connectivity index (χ0) is 17.4. The number of carbonyl (C=O) groups excluding carboxylic acids is 1. The Hall–Kier alpha value is -2.63. The topological polar surface area (TPSA) is 58.4 Å². The Morgan fingerprint density at radius 3 is 2.80 bits per heavy atom. The standard InChI is InChI=1S/C19H22N4O2/c1-21-13-20-17(10-18(21)24)22-8-7-16(12-22)19(25)23-9-6-14-4-2-3-5-15(14)11-23/h2-5,10,13,16H,6-9,11-12H2,1H3. The van der Waals surface area contributed by atoms with Crippen molar-refractivity contribution in [2.75, 3.05) is 24.5 Å². The summed E-state index contributed by atoms with van der Waals surface area (Å²) in [4.78, 5) is 33.1. The second kappa shape index (κ2) is 6.35. The van der Waals surface area contributed by atoms with Crippen molar-refractivity contribution in [3.05, 3.63) is 58.1 Å². The van der Waals surface area contributed by atoms with Crippen molar-refractivity contribution in [2.45, 2.75) is 19.4 Å². The summed E-state index contributed by atoms with van der Waals surface area (Å²) in [7, 11) is 1.68. The van der Waals surface area contributed by atoms with Gasteiger partial charge in [-0.1, -0.05) is 24.3 Å². The zero-order valence-electron chi connectivity index (χ0n) is 14.4. The Balaban J connectivity index is 1.44. The van der Waals surface area contributed by atoms with Crippen LogP contribution in [0.2, 0.25) is 0 Å². The highest BCUT2D eigenvalue weighted by atomic mass is 16.2. The molecule has 0 spiro atoms. The molecule has 130 valence electrons. The number of aryl methyl sites for hydroxylation is 1. The highest BCUT2D eigenvalue weighted by Gasteiger charge is 2.33. The normalized spacial score (nSPS) is 19.8. The van der Waals surface area contributed by atoms with Crippen LogP contribution in [0.15, 0.2) is 41.5 Å². The first-order chi connectivity index (χ1) is 12.1. The minimum atomic E-state index is -0.0765. The zero-order valence-corrected chi connectivity index (χ0v) is 14.4. The third-order valence-electron chi connectivity index (χ3n) is 5.27. The number of benzene rings is 1. The van der Waals surface area contributed by atoms with E-state index in [9.17, 15) is 9.59 Å². The van der Waals surface area contributed by atoms with Gasteiger partial charge in [-0.2, -0.15) is 0 Å². The predicted octanol–water partition coefficient (Wildman–Crippen LogP) is 1.19. The number of hydrogen-bond acceptors (Lipinski definition) is 4. The largest absolute Gasteiger partial charge is 0.356 e. The average molecular weight is 338 g/mol. The molecule has 0 aliphatic carbocycles. The van der Waals surface area contributed by atoms with E-state index in [2.05, 4.69) is 23.2 Å². The van der Waals surface area contributed by atoms with Crippen LogP contribution in [0.25, 0.3) is 0 Å².